The van der Waals surface area contributed by atoms with E-state index in [9.17, 15) is 9.59 Å². The number of aryl methyl sites for hydroxylation is 1. The van der Waals surface area contributed by atoms with Crippen molar-refractivity contribution in [1.29, 1.82) is 0 Å². The zero-order chi connectivity index (χ0) is 42.5. The fourth-order valence-electron chi connectivity index (χ4n) is 8.45. The SMILES string of the molecule is CCCCc1nc2ccc(C3CC(C(=O)OCC)=NO3)cc2c(=O)n1Cc1ccc(-c2ccccc2-c2nnnn2C(c2ccccc2)(c2ccccc2)c2ccccc2)cc1. The highest BCUT2D eigenvalue weighted by molar-refractivity contribution is 6.36. The maximum absolute atomic E-state index is 14.4. The van der Waals surface area contributed by atoms with Gasteiger partial charge in [0, 0.05) is 18.4 Å². The minimum Gasteiger partial charge on any atom is -0.461 e. The van der Waals surface area contributed by atoms with E-state index in [1.54, 1.807) is 11.5 Å². The summed E-state index contributed by atoms with van der Waals surface area (Å²) in [7, 11) is 0. The Morgan fingerprint density at radius 1 is 0.774 bits per heavy atom. The first-order valence-electron chi connectivity index (χ1n) is 21.1. The van der Waals surface area contributed by atoms with Crippen molar-refractivity contribution >= 4 is 22.6 Å². The van der Waals surface area contributed by atoms with Crippen LogP contribution in [0.1, 0.15) is 72.9 Å². The molecular formula is C51H45N7O4. The minimum atomic E-state index is -0.902. The van der Waals surface area contributed by atoms with Gasteiger partial charge in [0.05, 0.1) is 24.1 Å². The molecule has 1 aliphatic rings. The number of benzene rings is 6. The number of hydrogen-bond acceptors (Lipinski definition) is 9. The molecule has 62 heavy (non-hydrogen) atoms. The van der Waals surface area contributed by atoms with Crippen LogP contribution in [0.15, 0.2) is 168 Å². The number of rotatable bonds is 14. The van der Waals surface area contributed by atoms with Gasteiger partial charge in [-0.05, 0) is 74.8 Å². The summed E-state index contributed by atoms with van der Waals surface area (Å²) in [6.07, 6.45) is 2.30. The van der Waals surface area contributed by atoms with E-state index < -0.39 is 17.6 Å². The molecule has 0 bridgehead atoms. The molecule has 0 fully saturated rings. The zero-order valence-corrected chi connectivity index (χ0v) is 34.6. The molecule has 0 spiro atoms. The standard InChI is InChI=1S/C51H45N7O4/c1-3-5-25-47-52-44-31-30-37(46-33-45(54-62-46)50(60)61-4-2)32-43(44)49(59)57(47)34-35-26-28-36(29-27-35)41-23-15-16-24-42(41)48-53-55-56-58(48)51(38-17-9-6-10-18-38,39-19-11-7-12-20-39)40-21-13-8-14-22-40/h6-24,26-32,46H,3-5,25,33-34H2,1-2H3. The van der Waals surface area contributed by atoms with Gasteiger partial charge < -0.3 is 9.57 Å². The number of tetrazole rings is 1. The molecule has 0 saturated carbocycles. The second-order valence-corrected chi connectivity index (χ2v) is 15.3. The number of ether oxygens (including phenoxy) is 1. The molecule has 11 nitrogen and oxygen atoms in total. The third kappa shape index (κ3) is 7.46. The van der Waals surface area contributed by atoms with Crippen LogP contribution < -0.4 is 5.56 Å². The van der Waals surface area contributed by atoms with E-state index in [0.29, 0.717) is 29.7 Å². The van der Waals surface area contributed by atoms with Crippen molar-refractivity contribution in [3.63, 3.8) is 0 Å². The van der Waals surface area contributed by atoms with Crippen molar-refractivity contribution in [2.45, 2.75) is 57.7 Å². The van der Waals surface area contributed by atoms with E-state index in [-0.39, 0.29) is 24.3 Å². The molecule has 1 unspecified atom stereocenters. The van der Waals surface area contributed by atoms with Gasteiger partial charge in [0.1, 0.15) is 11.4 Å². The summed E-state index contributed by atoms with van der Waals surface area (Å²) >= 11 is 0. The maximum atomic E-state index is 14.4. The van der Waals surface area contributed by atoms with Crippen LogP contribution in [0.25, 0.3) is 33.4 Å². The van der Waals surface area contributed by atoms with Crippen LogP contribution in [-0.4, -0.2) is 48.0 Å². The van der Waals surface area contributed by atoms with E-state index in [4.69, 9.17) is 24.9 Å². The predicted molar refractivity (Wildman–Crippen MR) is 240 cm³/mol. The van der Waals surface area contributed by atoms with Crippen molar-refractivity contribution < 1.29 is 14.4 Å². The van der Waals surface area contributed by atoms with Gasteiger partial charge >= 0.3 is 5.97 Å². The van der Waals surface area contributed by atoms with Gasteiger partial charge in [-0.3, -0.25) is 9.36 Å². The van der Waals surface area contributed by atoms with Gasteiger partial charge in [0.2, 0.25) is 0 Å². The molecule has 1 aliphatic heterocycles. The molecule has 0 radical (unpaired) electrons. The van der Waals surface area contributed by atoms with E-state index in [2.05, 4.69) is 90.1 Å². The molecular weight excluding hydrogens is 775 g/mol. The van der Waals surface area contributed by atoms with Crippen LogP contribution >= 0.6 is 0 Å². The third-order valence-electron chi connectivity index (χ3n) is 11.5. The summed E-state index contributed by atoms with van der Waals surface area (Å²) in [5, 5.41) is 18.3. The topological polar surface area (TPSA) is 126 Å². The fourth-order valence-corrected chi connectivity index (χ4v) is 8.45. The van der Waals surface area contributed by atoms with Crippen LogP contribution in [0.4, 0.5) is 0 Å². The molecule has 0 N–H and O–H groups in total. The molecule has 0 aliphatic carbocycles. The molecule has 3 heterocycles. The fraction of sp³-hybridized carbons (Fsp3) is 0.196. The average molecular weight is 820 g/mol. The number of fused-ring (bicyclic) bond motifs is 1. The molecule has 6 aromatic carbocycles. The summed E-state index contributed by atoms with van der Waals surface area (Å²) in [6, 6.07) is 53.1. The van der Waals surface area contributed by atoms with Crippen LogP contribution in [-0.2, 0) is 32.9 Å². The number of oxime groups is 1. The number of nitrogens with zero attached hydrogens (tertiary/aromatic N) is 7. The second kappa shape index (κ2) is 17.6. The van der Waals surface area contributed by atoms with Crippen molar-refractivity contribution in [3.8, 4) is 22.5 Å². The molecule has 0 amide bonds. The normalized spacial score (nSPS) is 13.8. The number of carbonyl (C=O) groups is 1. The number of esters is 1. The maximum Gasteiger partial charge on any atom is 0.356 e. The van der Waals surface area contributed by atoms with Crippen LogP contribution in [0.5, 0.6) is 0 Å². The quantitative estimate of drug-likeness (QED) is 0.0785. The highest BCUT2D eigenvalue weighted by Crippen LogP contribution is 2.43. The molecule has 0 saturated heterocycles. The number of carbonyl (C=O) groups excluding carboxylic acids is 1. The van der Waals surface area contributed by atoms with E-state index >= 15 is 0 Å². The Balaban J connectivity index is 1.08. The minimum absolute atomic E-state index is 0.132. The van der Waals surface area contributed by atoms with Gasteiger partial charge in [-0.15, -0.1) is 5.10 Å². The Bertz CT molecular complexity index is 2830. The first kappa shape index (κ1) is 39.9. The largest absolute Gasteiger partial charge is 0.461 e. The van der Waals surface area contributed by atoms with E-state index in [1.807, 2.05) is 89.6 Å². The summed E-state index contributed by atoms with van der Waals surface area (Å²) < 4.78 is 8.85. The Labute approximate surface area is 359 Å². The lowest BCUT2D eigenvalue weighted by molar-refractivity contribution is -0.135. The lowest BCUT2D eigenvalue weighted by Crippen LogP contribution is -2.39. The number of aromatic nitrogens is 6. The zero-order valence-electron chi connectivity index (χ0n) is 34.6. The van der Waals surface area contributed by atoms with Crippen molar-refractivity contribution in [2.24, 2.45) is 5.16 Å². The monoisotopic (exact) mass is 819 g/mol. The van der Waals surface area contributed by atoms with Crippen molar-refractivity contribution in [1.82, 2.24) is 29.8 Å². The smallest absolute Gasteiger partial charge is 0.356 e. The highest BCUT2D eigenvalue weighted by Gasteiger charge is 2.42. The lowest BCUT2D eigenvalue weighted by Gasteiger charge is -2.36. The number of hydrogen-bond donors (Lipinski definition) is 0. The Hall–Kier alpha value is -7.53. The van der Waals surface area contributed by atoms with Gasteiger partial charge in [-0.25, -0.2) is 14.5 Å². The molecule has 8 aromatic rings. The van der Waals surface area contributed by atoms with Crippen LogP contribution in [0.2, 0.25) is 0 Å². The first-order chi connectivity index (χ1) is 30.5. The molecule has 9 rings (SSSR count). The first-order valence-corrected chi connectivity index (χ1v) is 21.1. The summed E-state index contributed by atoms with van der Waals surface area (Å²) in [4.78, 5) is 37.3. The summed E-state index contributed by atoms with van der Waals surface area (Å²) in [5.41, 5.74) is 7.38. The van der Waals surface area contributed by atoms with E-state index in [1.165, 1.54) is 0 Å². The third-order valence-corrected chi connectivity index (χ3v) is 11.5. The molecule has 11 heteroatoms. The Morgan fingerprint density at radius 3 is 2.03 bits per heavy atom. The van der Waals surface area contributed by atoms with Crippen LogP contribution in [0, 0.1) is 0 Å². The van der Waals surface area contributed by atoms with Crippen molar-refractivity contribution in [3.05, 3.63) is 202 Å². The molecule has 2 aromatic heterocycles. The van der Waals surface area contributed by atoms with Gasteiger partial charge in [-0.1, -0.05) is 164 Å². The second-order valence-electron chi connectivity index (χ2n) is 15.3. The molecule has 1 atom stereocenters. The highest BCUT2D eigenvalue weighted by atomic mass is 16.6. The van der Waals surface area contributed by atoms with Gasteiger partial charge in [-0.2, -0.15) is 0 Å². The predicted octanol–water partition coefficient (Wildman–Crippen LogP) is 9.33. The Morgan fingerprint density at radius 2 is 1.40 bits per heavy atom. The van der Waals surface area contributed by atoms with Crippen LogP contribution in [0.3, 0.4) is 0 Å². The van der Waals surface area contributed by atoms with Gasteiger partial charge in [0.15, 0.2) is 17.6 Å². The lowest BCUT2D eigenvalue weighted by atomic mass is 9.77. The Kier molecular flexibility index (Phi) is 11.3. The number of unbranched alkanes of at least 4 members (excludes halogenated alkanes) is 1. The molecule has 308 valence electrons. The average Bonchev–Trinajstić information content (AvgIpc) is 4.03. The van der Waals surface area contributed by atoms with Gasteiger partial charge in [0.25, 0.3) is 5.56 Å². The summed E-state index contributed by atoms with van der Waals surface area (Å²) in [5.74, 6) is 0.857. The summed E-state index contributed by atoms with van der Waals surface area (Å²) in [6.45, 7) is 4.47. The van der Waals surface area contributed by atoms with Crippen molar-refractivity contribution in [2.75, 3.05) is 6.61 Å². The van der Waals surface area contributed by atoms with E-state index in [0.717, 1.165) is 63.2 Å².